The highest BCUT2D eigenvalue weighted by Crippen LogP contribution is 2.25. The summed E-state index contributed by atoms with van der Waals surface area (Å²) >= 11 is 6.19. The first-order valence-electron chi connectivity index (χ1n) is 10.7. The number of fused-ring (bicyclic) bond motifs is 1. The predicted octanol–water partition coefficient (Wildman–Crippen LogP) is 3.52. The predicted molar refractivity (Wildman–Crippen MR) is 126 cm³/mol. The first kappa shape index (κ1) is 24.7. The van der Waals surface area contributed by atoms with Crippen LogP contribution in [0, 0.1) is 11.2 Å². The van der Waals surface area contributed by atoms with E-state index in [1.54, 1.807) is 35.0 Å². The van der Waals surface area contributed by atoms with Crippen molar-refractivity contribution in [2.45, 2.75) is 39.8 Å². The number of aliphatic hydroxyl groups is 1. The van der Waals surface area contributed by atoms with E-state index in [9.17, 15) is 14.0 Å². The average Bonchev–Trinajstić information content (AvgIpc) is 3.10. The third-order valence-corrected chi connectivity index (χ3v) is 5.45. The number of rotatable bonds is 8. The Hall–Kier alpha value is -2.97. The van der Waals surface area contributed by atoms with Gasteiger partial charge in [-0.15, -0.1) is 0 Å². The van der Waals surface area contributed by atoms with Gasteiger partial charge >= 0.3 is 0 Å². The fraction of sp³-hybridized carbons (Fsp3) is 0.375. The molecule has 0 radical (unpaired) electrons. The third-order valence-electron chi connectivity index (χ3n) is 5.21. The molecule has 1 heterocycles. The van der Waals surface area contributed by atoms with Gasteiger partial charge in [-0.2, -0.15) is 5.10 Å². The molecular formula is C24H28ClFN4O3. The van der Waals surface area contributed by atoms with Crippen LogP contribution in [-0.2, 0) is 11.3 Å². The Labute approximate surface area is 196 Å². The van der Waals surface area contributed by atoms with Gasteiger partial charge in [0.25, 0.3) is 5.91 Å². The quantitative estimate of drug-likeness (QED) is 0.435. The summed E-state index contributed by atoms with van der Waals surface area (Å²) in [6, 6.07) is 10.4. The number of aromatic nitrogens is 2. The van der Waals surface area contributed by atoms with Gasteiger partial charge in [-0.3, -0.25) is 14.3 Å². The molecule has 176 valence electrons. The molecule has 0 saturated carbocycles. The van der Waals surface area contributed by atoms with Crippen molar-refractivity contribution in [3.05, 3.63) is 64.6 Å². The maximum absolute atomic E-state index is 13.3. The molecule has 0 bridgehead atoms. The number of benzene rings is 2. The van der Waals surface area contributed by atoms with Gasteiger partial charge in [0.1, 0.15) is 11.9 Å². The van der Waals surface area contributed by atoms with Crippen LogP contribution < -0.4 is 10.6 Å². The van der Waals surface area contributed by atoms with Gasteiger partial charge in [0, 0.05) is 23.6 Å². The van der Waals surface area contributed by atoms with Crippen LogP contribution in [0.3, 0.4) is 0 Å². The Balaban J connectivity index is 1.92. The van der Waals surface area contributed by atoms with Gasteiger partial charge in [0.2, 0.25) is 5.91 Å². The van der Waals surface area contributed by atoms with E-state index < -0.39 is 17.4 Å². The first-order chi connectivity index (χ1) is 15.6. The molecule has 3 rings (SSSR count). The zero-order chi connectivity index (χ0) is 24.2. The molecule has 0 aliphatic carbocycles. The number of hydrogen-bond acceptors (Lipinski definition) is 4. The summed E-state index contributed by atoms with van der Waals surface area (Å²) in [5.74, 6) is -1.17. The van der Waals surface area contributed by atoms with Crippen molar-refractivity contribution in [3.8, 4) is 0 Å². The zero-order valence-electron chi connectivity index (χ0n) is 18.9. The topological polar surface area (TPSA) is 96.2 Å². The van der Waals surface area contributed by atoms with Gasteiger partial charge in [-0.25, -0.2) is 4.39 Å². The highest BCUT2D eigenvalue weighted by molar-refractivity contribution is 6.31. The van der Waals surface area contributed by atoms with Crippen LogP contribution in [0.5, 0.6) is 0 Å². The maximum atomic E-state index is 13.3. The summed E-state index contributed by atoms with van der Waals surface area (Å²) in [6.45, 7) is 6.16. The minimum atomic E-state index is -0.819. The van der Waals surface area contributed by atoms with Crippen molar-refractivity contribution in [1.82, 2.24) is 20.4 Å². The van der Waals surface area contributed by atoms with Crippen molar-refractivity contribution >= 4 is 34.3 Å². The summed E-state index contributed by atoms with van der Waals surface area (Å²) in [4.78, 5) is 26.0. The number of aliphatic hydroxyl groups excluding tert-OH is 1. The van der Waals surface area contributed by atoms with Crippen LogP contribution in [0.15, 0.2) is 42.5 Å². The fourth-order valence-electron chi connectivity index (χ4n) is 3.47. The lowest BCUT2D eigenvalue weighted by atomic mass is 9.86. The number of nitrogens with one attached hydrogen (secondary N) is 2. The molecule has 0 aliphatic heterocycles. The lowest BCUT2D eigenvalue weighted by Crippen LogP contribution is -2.53. The number of nitrogens with zero attached hydrogens (tertiary/aromatic N) is 2. The minimum absolute atomic E-state index is 0.0366. The van der Waals surface area contributed by atoms with E-state index in [0.29, 0.717) is 35.4 Å². The van der Waals surface area contributed by atoms with Gasteiger partial charge in [0.05, 0.1) is 12.1 Å². The van der Waals surface area contributed by atoms with E-state index in [2.05, 4.69) is 15.7 Å². The number of halogens is 2. The standard InChI is InChI=1S/C24H28ClFN4O3/c1-24(2,3)21(23(33)27-11-4-12-31)28-22(32)20-18-13-16(25)7-10-19(18)30(29-20)14-15-5-8-17(26)9-6-15/h5-10,13,21,31H,4,11-12,14H2,1-3H3,(H,27,33)(H,28,32). The molecule has 0 saturated heterocycles. The van der Waals surface area contributed by atoms with Crippen LogP contribution in [0.2, 0.25) is 5.02 Å². The molecule has 3 aromatic rings. The molecule has 3 N–H and O–H groups in total. The highest BCUT2D eigenvalue weighted by Gasteiger charge is 2.34. The molecule has 1 unspecified atom stereocenters. The Morgan fingerprint density at radius 1 is 1.18 bits per heavy atom. The Morgan fingerprint density at radius 2 is 1.88 bits per heavy atom. The highest BCUT2D eigenvalue weighted by atomic mass is 35.5. The molecule has 2 amide bonds. The summed E-state index contributed by atoms with van der Waals surface area (Å²) in [7, 11) is 0. The SMILES string of the molecule is CC(C)(C)C(NC(=O)c1nn(Cc2ccc(F)cc2)c2ccc(Cl)cc12)C(=O)NCCCO. The number of amides is 2. The second-order valence-electron chi connectivity index (χ2n) is 8.93. The summed E-state index contributed by atoms with van der Waals surface area (Å²) in [5.41, 5.74) is 1.09. The monoisotopic (exact) mass is 474 g/mol. The zero-order valence-corrected chi connectivity index (χ0v) is 19.6. The van der Waals surface area contributed by atoms with Gasteiger partial charge < -0.3 is 15.7 Å². The molecule has 1 aromatic heterocycles. The van der Waals surface area contributed by atoms with Crippen molar-refractivity contribution in [2.75, 3.05) is 13.2 Å². The normalized spacial score (nSPS) is 12.5. The van der Waals surface area contributed by atoms with E-state index in [1.807, 2.05) is 20.8 Å². The average molecular weight is 475 g/mol. The number of hydrogen-bond donors (Lipinski definition) is 3. The van der Waals surface area contributed by atoms with Crippen LogP contribution >= 0.6 is 11.6 Å². The molecule has 33 heavy (non-hydrogen) atoms. The smallest absolute Gasteiger partial charge is 0.273 e. The lowest BCUT2D eigenvalue weighted by molar-refractivity contribution is -0.125. The molecule has 0 spiro atoms. The Bertz CT molecular complexity index is 1140. The molecule has 0 fully saturated rings. The van der Waals surface area contributed by atoms with Gasteiger partial charge in [-0.1, -0.05) is 44.5 Å². The van der Waals surface area contributed by atoms with Crippen molar-refractivity contribution in [1.29, 1.82) is 0 Å². The molecular weight excluding hydrogens is 447 g/mol. The van der Waals surface area contributed by atoms with E-state index >= 15 is 0 Å². The van der Waals surface area contributed by atoms with Crippen molar-refractivity contribution in [2.24, 2.45) is 5.41 Å². The molecule has 1 atom stereocenters. The van der Waals surface area contributed by atoms with Crippen molar-refractivity contribution < 1.29 is 19.1 Å². The lowest BCUT2D eigenvalue weighted by Gasteiger charge is -2.30. The van der Waals surface area contributed by atoms with Gasteiger partial charge in [0.15, 0.2) is 5.69 Å². The minimum Gasteiger partial charge on any atom is -0.396 e. The number of carbonyl (C=O) groups excluding carboxylic acids is 2. The Morgan fingerprint density at radius 3 is 2.52 bits per heavy atom. The third kappa shape index (κ3) is 6.09. The summed E-state index contributed by atoms with van der Waals surface area (Å²) < 4.78 is 14.9. The van der Waals surface area contributed by atoms with E-state index in [1.165, 1.54) is 12.1 Å². The second-order valence-corrected chi connectivity index (χ2v) is 9.37. The van der Waals surface area contributed by atoms with Crippen LogP contribution in [0.1, 0.15) is 43.2 Å². The van der Waals surface area contributed by atoms with Crippen LogP contribution in [0.25, 0.3) is 10.9 Å². The maximum Gasteiger partial charge on any atom is 0.273 e. The summed E-state index contributed by atoms with van der Waals surface area (Å²) in [5, 5.41) is 20.0. The van der Waals surface area contributed by atoms with Crippen LogP contribution in [0.4, 0.5) is 4.39 Å². The Kier molecular flexibility index (Phi) is 7.71. The van der Waals surface area contributed by atoms with E-state index in [4.69, 9.17) is 16.7 Å². The largest absolute Gasteiger partial charge is 0.396 e. The second kappa shape index (κ2) is 10.3. The van der Waals surface area contributed by atoms with Crippen LogP contribution in [-0.4, -0.2) is 45.9 Å². The first-order valence-corrected chi connectivity index (χ1v) is 11.1. The fourth-order valence-corrected chi connectivity index (χ4v) is 3.64. The van der Waals surface area contributed by atoms with Crippen molar-refractivity contribution in [3.63, 3.8) is 0 Å². The molecule has 0 aliphatic rings. The van der Waals surface area contributed by atoms with E-state index in [-0.39, 0.29) is 24.0 Å². The molecule has 7 nitrogen and oxygen atoms in total. The van der Waals surface area contributed by atoms with Gasteiger partial charge in [-0.05, 0) is 47.7 Å². The van der Waals surface area contributed by atoms with E-state index in [0.717, 1.165) is 5.56 Å². The molecule has 2 aromatic carbocycles. The number of carbonyl (C=O) groups is 2. The summed E-state index contributed by atoms with van der Waals surface area (Å²) in [6.07, 6.45) is 0.424. The molecule has 9 heteroatoms.